The first-order chi connectivity index (χ1) is 15.2. The molecule has 2 aromatic carbocycles. The molecule has 1 saturated heterocycles. The zero-order valence-electron chi connectivity index (χ0n) is 17.9. The molecule has 0 unspecified atom stereocenters. The third kappa shape index (κ3) is 4.21. The fourth-order valence-electron chi connectivity index (χ4n) is 4.54. The molecule has 2 aliphatic rings. The average molecular weight is 477 g/mol. The largest absolute Gasteiger partial charge is 0.495 e. The predicted octanol–water partition coefficient (Wildman–Crippen LogP) is 4.13. The van der Waals surface area contributed by atoms with E-state index in [2.05, 4.69) is 4.72 Å². The summed E-state index contributed by atoms with van der Waals surface area (Å²) in [5, 5.41) is 0.283. The predicted molar refractivity (Wildman–Crippen MR) is 121 cm³/mol. The fourth-order valence-corrected chi connectivity index (χ4v) is 6.15. The Balaban J connectivity index is 1.58. The Morgan fingerprint density at radius 1 is 1.06 bits per heavy atom. The number of sulfonamides is 1. The summed E-state index contributed by atoms with van der Waals surface area (Å²) in [6, 6.07) is 9.56. The third-order valence-electron chi connectivity index (χ3n) is 6.22. The molecular weight excluding hydrogens is 452 g/mol. The van der Waals surface area contributed by atoms with Crippen LogP contribution >= 0.6 is 11.6 Å². The number of hydrogen-bond acceptors (Lipinski definition) is 5. The standard InChI is InChI=1S/C23H25ClN2O5S/c1-14-7-8-15(13-26-22(27)17-5-3-4-6-18(17)23(26)28)11-21(14)32(29,30)25-16-9-10-20(31-2)19(24)12-16/h7-12,17-18,25H,3-6,13H2,1-2H3/t17-,18+. The lowest BCUT2D eigenvalue weighted by Gasteiger charge is -2.19. The number of benzene rings is 2. The average Bonchev–Trinajstić information content (AvgIpc) is 3.00. The summed E-state index contributed by atoms with van der Waals surface area (Å²) in [6.07, 6.45) is 3.41. The topological polar surface area (TPSA) is 92.8 Å². The van der Waals surface area contributed by atoms with Crippen LogP contribution in [0.15, 0.2) is 41.3 Å². The second-order valence-corrected chi connectivity index (χ2v) is 10.4. The number of carbonyl (C=O) groups excluding carboxylic acids is 2. The van der Waals surface area contributed by atoms with Crippen molar-refractivity contribution in [3.8, 4) is 5.75 Å². The summed E-state index contributed by atoms with van der Waals surface area (Å²) >= 11 is 6.11. The number of halogens is 1. The van der Waals surface area contributed by atoms with Crippen LogP contribution in [0.2, 0.25) is 5.02 Å². The van der Waals surface area contributed by atoms with Gasteiger partial charge in [-0.25, -0.2) is 8.42 Å². The lowest BCUT2D eigenvalue weighted by Crippen LogP contribution is -2.30. The minimum Gasteiger partial charge on any atom is -0.495 e. The number of ether oxygens (including phenoxy) is 1. The van der Waals surface area contributed by atoms with E-state index in [-0.39, 0.29) is 40.1 Å². The number of imide groups is 1. The van der Waals surface area contributed by atoms with E-state index in [9.17, 15) is 18.0 Å². The Hall–Kier alpha value is -2.58. The zero-order chi connectivity index (χ0) is 23.0. The van der Waals surface area contributed by atoms with Gasteiger partial charge in [0.2, 0.25) is 11.8 Å². The number of nitrogens with one attached hydrogen (secondary N) is 1. The first kappa shape index (κ1) is 22.6. The maximum atomic E-state index is 13.1. The minimum absolute atomic E-state index is 0.0713. The van der Waals surface area contributed by atoms with Crippen molar-refractivity contribution in [3.05, 3.63) is 52.5 Å². The molecule has 0 bridgehead atoms. The van der Waals surface area contributed by atoms with Gasteiger partial charge in [-0.1, -0.05) is 36.6 Å². The Bertz CT molecular complexity index is 1160. The lowest BCUT2D eigenvalue weighted by molar-refractivity contribution is -0.140. The van der Waals surface area contributed by atoms with E-state index in [1.807, 2.05) is 0 Å². The van der Waals surface area contributed by atoms with Gasteiger partial charge in [-0.05, 0) is 55.2 Å². The van der Waals surface area contributed by atoms with E-state index < -0.39 is 10.0 Å². The molecule has 0 radical (unpaired) electrons. The van der Waals surface area contributed by atoms with Gasteiger partial charge in [0.15, 0.2) is 0 Å². The van der Waals surface area contributed by atoms with E-state index >= 15 is 0 Å². The number of likely N-dealkylation sites (tertiary alicyclic amines) is 1. The summed E-state index contributed by atoms with van der Waals surface area (Å²) in [4.78, 5) is 26.9. The highest BCUT2D eigenvalue weighted by Crippen LogP contribution is 2.38. The van der Waals surface area contributed by atoms with Gasteiger partial charge >= 0.3 is 0 Å². The summed E-state index contributed by atoms with van der Waals surface area (Å²) < 4.78 is 33.8. The Morgan fingerprint density at radius 3 is 2.31 bits per heavy atom. The number of aryl methyl sites for hydroxylation is 1. The van der Waals surface area contributed by atoms with Crippen LogP contribution in [0, 0.1) is 18.8 Å². The molecule has 9 heteroatoms. The molecule has 1 saturated carbocycles. The van der Waals surface area contributed by atoms with Crippen molar-refractivity contribution in [2.24, 2.45) is 11.8 Å². The summed E-state index contributed by atoms with van der Waals surface area (Å²) in [5.74, 6) is -0.308. The molecule has 2 amide bonds. The molecule has 1 N–H and O–H groups in total. The molecule has 32 heavy (non-hydrogen) atoms. The monoisotopic (exact) mass is 476 g/mol. The quantitative estimate of drug-likeness (QED) is 0.632. The van der Waals surface area contributed by atoms with Crippen LogP contribution < -0.4 is 9.46 Å². The highest BCUT2D eigenvalue weighted by atomic mass is 35.5. The molecule has 0 aromatic heterocycles. The SMILES string of the molecule is COc1ccc(NS(=O)(=O)c2cc(CN3C(=O)[C@H]4CCCC[C@H]4C3=O)ccc2C)cc1Cl. The van der Waals surface area contributed by atoms with Crippen LogP contribution in [-0.4, -0.2) is 32.2 Å². The van der Waals surface area contributed by atoms with Gasteiger partial charge in [-0.3, -0.25) is 19.2 Å². The maximum absolute atomic E-state index is 13.1. The van der Waals surface area contributed by atoms with Crippen LogP contribution in [0.3, 0.4) is 0 Å². The molecule has 170 valence electrons. The molecule has 7 nitrogen and oxygen atoms in total. The fraction of sp³-hybridized carbons (Fsp3) is 0.391. The smallest absolute Gasteiger partial charge is 0.262 e. The van der Waals surface area contributed by atoms with Crippen LogP contribution in [-0.2, 0) is 26.2 Å². The van der Waals surface area contributed by atoms with Crippen molar-refractivity contribution in [3.63, 3.8) is 0 Å². The van der Waals surface area contributed by atoms with Gasteiger partial charge in [0.05, 0.1) is 41.1 Å². The zero-order valence-corrected chi connectivity index (χ0v) is 19.5. The first-order valence-corrected chi connectivity index (χ1v) is 12.4. The van der Waals surface area contributed by atoms with E-state index in [0.29, 0.717) is 22.6 Å². The van der Waals surface area contributed by atoms with E-state index in [1.165, 1.54) is 24.1 Å². The van der Waals surface area contributed by atoms with E-state index in [4.69, 9.17) is 16.3 Å². The number of amides is 2. The maximum Gasteiger partial charge on any atom is 0.262 e. The molecule has 4 rings (SSSR count). The van der Waals surface area contributed by atoms with Gasteiger partial charge in [-0.15, -0.1) is 0 Å². The summed E-state index contributed by atoms with van der Waals surface area (Å²) in [6.45, 7) is 1.77. The van der Waals surface area contributed by atoms with Crippen molar-refractivity contribution in [2.45, 2.75) is 44.0 Å². The van der Waals surface area contributed by atoms with Crippen molar-refractivity contribution < 1.29 is 22.7 Å². The molecule has 2 aromatic rings. The molecule has 2 atom stereocenters. The van der Waals surface area contributed by atoms with Crippen molar-refractivity contribution >= 4 is 39.1 Å². The Labute approximate surface area is 192 Å². The second-order valence-electron chi connectivity index (χ2n) is 8.31. The number of hydrogen-bond donors (Lipinski definition) is 1. The number of rotatable bonds is 6. The third-order valence-corrected chi connectivity index (χ3v) is 8.04. The number of fused-ring (bicyclic) bond motifs is 1. The van der Waals surface area contributed by atoms with Crippen LogP contribution in [0.1, 0.15) is 36.8 Å². The van der Waals surface area contributed by atoms with Crippen LogP contribution in [0.25, 0.3) is 0 Å². The molecular formula is C23H25ClN2O5S. The molecule has 0 spiro atoms. The van der Waals surface area contributed by atoms with E-state index in [1.54, 1.807) is 31.2 Å². The highest BCUT2D eigenvalue weighted by Gasteiger charge is 2.47. The minimum atomic E-state index is -3.92. The van der Waals surface area contributed by atoms with Gasteiger partial charge in [-0.2, -0.15) is 0 Å². The Morgan fingerprint density at radius 2 is 1.72 bits per heavy atom. The van der Waals surface area contributed by atoms with Gasteiger partial charge in [0.1, 0.15) is 5.75 Å². The van der Waals surface area contributed by atoms with Gasteiger partial charge < -0.3 is 4.74 Å². The van der Waals surface area contributed by atoms with Crippen molar-refractivity contribution in [2.75, 3.05) is 11.8 Å². The number of carbonyl (C=O) groups is 2. The summed E-state index contributed by atoms with van der Waals surface area (Å²) in [7, 11) is -2.45. The normalized spacial score (nSPS) is 20.9. The lowest BCUT2D eigenvalue weighted by atomic mass is 9.81. The number of nitrogens with zero attached hydrogens (tertiary/aromatic N) is 1. The first-order valence-electron chi connectivity index (χ1n) is 10.5. The second kappa shape index (κ2) is 8.75. The van der Waals surface area contributed by atoms with Crippen LogP contribution in [0.4, 0.5) is 5.69 Å². The summed E-state index contributed by atoms with van der Waals surface area (Å²) in [5.41, 5.74) is 1.44. The van der Waals surface area contributed by atoms with Gasteiger partial charge in [0, 0.05) is 0 Å². The molecule has 2 fully saturated rings. The highest BCUT2D eigenvalue weighted by molar-refractivity contribution is 7.92. The van der Waals surface area contributed by atoms with Crippen molar-refractivity contribution in [1.29, 1.82) is 0 Å². The van der Waals surface area contributed by atoms with E-state index in [0.717, 1.165) is 25.7 Å². The van der Waals surface area contributed by atoms with Crippen LogP contribution in [0.5, 0.6) is 5.75 Å². The van der Waals surface area contributed by atoms with Crippen molar-refractivity contribution in [1.82, 2.24) is 4.90 Å². The molecule has 1 heterocycles. The molecule has 1 aliphatic carbocycles. The number of anilines is 1. The Kier molecular flexibility index (Phi) is 6.18. The number of methoxy groups -OCH3 is 1. The molecule has 1 aliphatic heterocycles. The van der Waals surface area contributed by atoms with Gasteiger partial charge in [0.25, 0.3) is 10.0 Å².